The third-order valence-electron chi connectivity index (χ3n) is 4.17. The molecule has 1 unspecified atom stereocenters. The lowest BCUT2D eigenvalue weighted by atomic mass is 9.96. The Morgan fingerprint density at radius 3 is 2.64 bits per heavy atom. The van der Waals surface area contributed by atoms with Gasteiger partial charge in [-0.25, -0.2) is 0 Å². The van der Waals surface area contributed by atoms with Gasteiger partial charge in [-0.2, -0.15) is 0 Å². The maximum atomic E-state index is 10.9. The van der Waals surface area contributed by atoms with Crippen LogP contribution in [-0.2, 0) is 11.2 Å². The molecule has 3 aromatic rings. The molecule has 0 radical (unpaired) electrons. The minimum absolute atomic E-state index is 0.0566. The summed E-state index contributed by atoms with van der Waals surface area (Å²) in [5.74, 6) is -0.221. The van der Waals surface area contributed by atoms with E-state index in [1.807, 2.05) is 16.0 Å². The SMILES string of the molecule is CCC(C)c1ccc(-c2cc3scc(CC(=O)O)n3c2)cc1. The molecule has 0 aliphatic heterocycles. The second-order valence-corrected chi connectivity index (χ2v) is 6.56. The van der Waals surface area contributed by atoms with E-state index in [1.165, 1.54) is 11.1 Å². The van der Waals surface area contributed by atoms with Gasteiger partial charge in [0.25, 0.3) is 0 Å². The second kappa shape index (κ2) is 5.97. The van der Waals surface area contributed by atoms with E-state index in [0.717, 1.165) is 22.5 Å². The average Bonchev–Trinajstić information content (AvgIpc) is 3.08. The van der Waals surface area contributed by atoms with Crippen molar-refractivity contribution in [1.29, 1.82) is 0 Å². The molecule has 1 aromatic carbocycles. The van der Waals surface area contributed by atoms with Gasteiger partial charge in [0.15, 0.2) is 0 Å². The molecule has 2 heterocycles. The lowest BCUT2D eigenvalue weighted by Crippen LogP contribution is -2.01. The minimum atomic E-state index is -0.798. The summed E-state index contributed by atoms with van der Waals surface area (Å²) < 4.78 is 1.98. The number of fused-ring (bicyclic) bond motifs is 1. The minimum Gasteiger partial charge on any atom is -0.481 e. The van der Waals surface area contributed by atoms with Crippen molar-refractivity contribution < 1.29 is 9.90 Å². The van der Waals surface area contributed by atoms with Crippen molar-refractivity contribution in [2.75, 3.05) is 0 Å². The molecule has 22 heavy (non-hydrogen) atoms. The van der Waals surface area contributed by atoms with Crippen LogP contribution in [0.15, 0.2) is 41.9 Å². The summed E-state index contributed by atoms with van der Waals surface area (Å²) in [5, 5.41) is 10.9. The molecular formula is C18H19NO2S. The van der Waals surface area contributed by atoms with E-state index in [0.29, 0.717) is 5.92 Å². The zero-order chi connectivity index (χ0) is 15.7. The van der Waals surface area contributed by atoms with Crippen LogP contribution in [0.2, 0.25) is 0 Å². The van der Waals surface area contributed by atoms with Gasteiger partial charge in [-0.3, -0.25) is 4.79 Å². The normalized spacial score (nSPS) is 12.6. The summed E-state index contributed by atoms with van der Waals surface area (Å²) in [6.45, 7) is 4.44. The largest absolute Gasteiger partial charge is 0.481 e. The van der Waals surface area contributed by atoms with Crippen molar-refractivity contribution in [3.8, 4) is 11.1 Å². The van der Waals surface area contributed by atoms with Crippen LogP contribution in [0.5, 0.6) is 0 Å². The van der Waals surface area contributed by atoms with Crippen molar-refractivity contribution in [1.82, 2.24) is 4.40 Å². The van der Waals surface area contributed by atoms with Gasteiger partial charge in [0.1, 0.15) is 0 Å². The van der Waals surface area contributed by atoms with E-state index in [1.54, 1.807) is 11.3 Å². The van der Waals surface area contributed by atoms with Gasteiger partial charge in [0, 0.05) is 22.8 Å². The highest BCUT2D eigenvalue weighted by Crippen LogP contribution is 2.29. The Kier molecular flexibility index (Phi) is 4.03. The summed E-state index contributed by atoms with van der Waals surface area (Å²) in [6.07, 6.45) is 3.23. The van der Waals surface area contributed by atoms with Crippen molar-refractivity contribution in [3.63, 3.8) is 0 Å². The van der Waals surface area contributed by atoms with Gasteiger partial charge >= 0.3 is 5.97 Å². The summed E-state index contributed by atoms with van der Waals surface area (Å²) >= 11 is 1.58. The van der Waals surface area contributed by atoms with Crippen molar-refractivity contribution >= 4 is 22.1 Å². The number of carboxylic acids is 1. The molecule has 0 saturated carbocycles. The molecular weight excluding hydrogens is 294 g/mol. The number of rotatable bonds is 5. The standard InChI is InChI=1S/C18H19NO2S/c1-3-12(2)13-4-6-14(7-5-13)15-8-17-19(10-15)16(11-22-17)9-18(20)21/h4-8,10-12H,3,9H2,1-2H3,(H,20,21). The maximum absolute atomic E-state index is 10.9. The van der Waals surface area contributed by atoms with Gasteiger partial charge in [-0.15, -0.1) is 11.3 Å². The average molecular weight is 313 g/mol. The third kappa shape index (κ3) is 2.79. The Balaban J connectivity index is 1.93. The number of nitrogens with zero attached hydrogens (tertiary/aromatic N) is 1. The van der Waals surface area contributed by atoms with Gasteiger partial charge in [0.05, 0.1) is 11.3 Å². The van der Waals surface area contributed by atoms with Crippen molar-refractivity contribution in [2.24, 2.45) is 0 Å². The molecule has 1 N–H and O–H groups in total. The Morgan fingerprint density at radius 1 is 1.27 bits per heavy atom. The third-order valence-corrected chi connectivity index (χ3v) is 5.11. The number of carboxylic acid groups (broad SMARTS) is 1. The molecule has 3 nitrogen and oxygen atoms in total. The van der Waals surface area contributed by atoms with Gasteiger partial charge < -0.3 is 9.51 Å². The molecule has 2 aromatic heterocycles. The first-order valence-electron chi connectivity index (χ1n) is 7.49. The Morgan fingerprint density at radius 2 is 2.00 bits per heavy atom. The quantitative estimate of drug-likeness (QED) is 0.734. The fourth-order valence-electron chi connectivity index (χ4n) is 2.62. The van der Waals surface area contributed by atoms with Gasteiger partial charge in [0.2, 0.25) is 0 Å². The fraction of sp³-hybridized carbons (Fsp3) is 0.278. The van der Waals surface area contributed by atoms with Crippen LogP contribution >= 0.6 is 11.3 Å². The number of aromatic nitrogens is 1. The van der Waals surface area contributed by atoms with E-state index in [-0.39, 0.29) is 6.42 Å². The van der Waals surface area contributed by atoms with Gasteiger partial charge in [-0.05, 0) is 29.5 Å². The van der Waals surface area contributed by atoms with E-state index >= 15 is 0 Å². The van der Waals surface area contributed by atoms with Crippen LogP contribution < -0.4 is 0 Å². The Bertz CT molecular complexity index is 798. The van der Waals surface area contributed by atoms with Crippen LogP contribution in [0.4, 0.5) is 0 Å². The molecule has 114 valence electrons. The lowest BCUT2D eigenvalue weighted by Gasteiger charge is -2.09. The molecule has 0 aliphatic carbocycles. The topological polar surface area (TPSA) is 41.7 Å². The molecule has 0 amide bonds. The number of thiazole rings is 1. The maximum Gasteiger partial charge on any atom is 0.309 e. The van der Waals surface area contributed by atoms with Crippen LogP contribution in [0, 0.1) is 0 Å². The molecule has 3 rings (SSSR count). The van der Waals surface area contributed by atoms with E-state index < -0.39 is 5.97 Å². The van der Waals surface area contributed by atoms with Crippen LogP contribution in [0.1, 0.15) is 37.4 Å². The Labute approximate surface area is 133 Å². The zero-order valence-corrected chi connectivity index (χ0v) is 13.6. The van der Waals surface area contributed by atoms with Crippen LogP contribution in [-0.4, -0.2) is 15.5 Å². The highest BCUT2D eigenvalue weighted by atomic mass is 32.1. The monoisotopic (exact) mass is 313 g/mol. The van der Waals surface area contributed by atoms with Crippen molar-refractivity contribution in [3.05, 3.63) is 53.2 Å². The second-order valence-electron chi connectivity index (χ2n) is 5.67. The number of aliphatic carboxylic acids is 1. The molecule has 0 bridgehead atoms. The number of hydrogen-bond donors (Lipinski definition) is 1. The zero-order valence-electron chi connectivity index (χ0n) is 12.7. The lowest BCUT2D eigenvalue weighted by molar-refractivity contribution is -0.136. The predicted molar refractivity (Wildman–Crippen MR) is 90.8 cm³/mol. The summed E-state index contributed by atoms with van der Waals surface area (Å²) in [7, 11) is 0. The van der Waals surface area contributed by atoms with Crippen LogP contribution in [0.3, 0.4) is 0 Å². The van der Waals surface area contributed by atoms with Crippen molar-refractivity contribution in [2.45, 2.75) is 32.6 Å². The first-order valence-corrected chi connectivity index (χ1v) is 8.37. The summed E-state index contributed by atoms with van der Waals surface area (Å²) in [4.78, 5) is 12.0. The smallest absolute Gasteiger partial charge is 0.309 e. The molecule has 0 saturated heterocycles. The highest BCUT2D eigenvalue weighted by molar-refractivity contribution is 7.15. The number of carbonyl (C=O) groups is 1. The number of hydrogen-bond acceptors (Lipinski definition) is 2. The molecule has 1 atom stereocenters. The summed E-state index contributed by atoms with van der Waals surface area (Å²) in [6, 6.07) is 10.8. The fourth-order valence-corrected chi connectivity index (χ4v) is 3.55. The van der Waals surface area contributed by atoms with Crippen LogP contribution in [0.25, 0.3) is 16.0 Å². The van der Waals surface area contributed by atoms with Gasteiger partial charge in [-0.1, -0.05) is 38.1 Å². The first-order chi connectivity index (χ1) is 10.6. The Hall–Kier alpha value is -2.07. The number of benzene rings is 1. The molecule has 0 aliphatic rings. The predicted octanol–water partition coefficient (Wildman–Crippen LogP) is 4.81. The molecule has 0 fully saturated rings. The summed E-state index contributed by atoms with van der Waals surface area (Å²) in [5.41, 5.74) is 4.49. The van der Waals surface area contributed by atoms with E-state index in [4.69, 9.17) is 5.11 Å². The van der Waals surface area contributed by atoms with E-state index in [2.05, 4.69) is 44.2 Å². The van der Waals surface area contributed by atoms with E-state index in [9.17, 15) is 4.79 Å². The molecule has 0 spiro atoms. The molecule has 4 heteroatoms. The first kappa shape index (κ1) is 14.9. The highest BCUT2D eigenvalue weighted by Gasteiger charge is 2.11.